The summed E-state index contributed by atoms with van der Waals surface area (Å²) in [7, 11) is 1.45. The Morgan fingerprint density at radius 1 is 1.29 bits per heavy atom. The fourth-order valence-corrected chi connectivity index (χ4v) is 2.52. The molecule has 0 fully saturated rings. The summed E-state index contributed by atoms with van der Waals surface area (Å²) in [5, 5.41) is 3.33. The van der Waals surface area contributed by atoms with Crippen molar-refractivity contribution in [3.63, 3.8) is 0 Å². The zero-order valence-electron chi connectivity index (χ0n) is 14.7. The molecule has 0 aliphatic carbocycles. The number of ether oxygens (including phenoxy) is 2. The zero-order chi connectivity index (χ0) is 16.3. The fraction of sp³-hybridized carbons (Fsp3) is 0.938. The van der Waals surface area contributed by atoms with E-state index in [0.717, 1.165) is 45.7 Å². The van der Waals surface area contributed by atoms with E-state index in [1.54, 1.807) is 0 Å². The Kier molecular flexibility index (Phi) is 10.6. The van der Waals surface area contributed by atoms with Gasteiger partial charge in [-0.2, -0.15) is 0 Å². The first-order valence-corrected chi connectivity index (χ1v) is 8.05. The van der Waals surface area contributed by atoms with E-state index in [-0.39, 0.29) is 12.0 Å². The summed E-state index contributed by atoms with van der Waals surface area (Å²) < 4.78 is 10.3. The lowest BCUT2D eigenvalue weighted by Crippen LogP contribution is -2.53. The van der Waals surface area contributed by atoms with Crippen LogP contribution in [0.4, 0.5) is 0 Å². The lowest BCUT2D eigenvalue weighted by atomic mass is 9.94. The fourth-order valence-electron chi connectivity index (χ4n) is 2.52. The normalized spacial score (nSPS) is 14.5. The Hall–Kier alpha value is -0.650. The number of nitrogens with one attached hydrogen (secondary N) is 1. The molecule has 1 unspecified atom stereocenters. The molecule has 0 aliphatic rings. The average Bonchev–Trinajstić information content (AvgIpc) is 2.44. The number of hydrogen-bond acceptors (Lipinski definition) is 5. The molecule has 0 bridgehead atoms. The first kappa shape index (κ1) is 20.3. The summed E-state index contributed by atoms with van der Waals surface area (Å²) in [5.41, 5.74) is -0.609. The molecule has 0 saturated carbocycles. The van der Waals surface area contributed by atoms with Gasteiger partial charge in [0.1, 0.15) is 5.54 Å². The molecule has 5 nitrogen and oxygen atoms in total. The van der Waals surface area contributed by atoms with E-state index < -0.39 is 5.54 Å². The van der Waals surface area contributed by atoms with Crippen LogP contribution in [0.1, 0.15) is 47.5 Å². The minimum atomic E-state index is -0.609. The zero-order valence-corrected chi connectivity index (χ0v) is 14.7. The van der Waals surface area contributed by atoms with Crippen molar-refractivity contribution >= 4 is 5.97 Å². The van der Waals surface area contributed by atoms with Gasteiger partial charge in [0.2, 0.25) is 0 Å². The summed E-state index contributed by atoms with van der Waals surface area (Å²) in [4.78, 5) is 14.4. The van der Waals surface area contributed by atoms with E-state index in [0.29, 0.717) is 0 Å². The lowest BCUT2D eigenvalue weighted by molar-refractivity contribution is -0.148. The van der Waals surface area contributed by atoms with Crippen molar-refractivity contribution in [3.8, 4) is 0 Å². The quantitative estimate of drug-likeness (QED) is 0.442. The van der Waals surface area contributed by atoms with E-state index in [4.69, 9.17) is 9.47 Å². The molecule has 0 aromatic carbocycles. The third-order valence-corrected chi connectivity index (χ3v) is 3.60. The predicted octanol–water partition coefficient (Wildman–Crippen LogP) is 2.05. The molecule has 0 saturated heterocycles. The third kappa shape index (κ3) is 8.39. The number of hydrogen-bond donors (Lipinski definition) is 1. The molecule has 0 rings (SSSR count). The van der Waals surface area contributed by atoms with Crippen LogP contribution in [0.25, 0.3) is 0 Å². The van der Waals surface area contributed by atoms with Gasteiger partial charge < -0.3 is 14.4 Å². The molecule has 0 aliphatic heterocycles. The van der Waals surface area contributed by atoms with E-state index in [9.17, 15) is 4.79 Å². The van der Waals surface area contributed by atoms with Crippen LogP contribution in [0.15, 0.2) is 0 Å². The molecule has 5 heteroatoms. The Morgan fingerprint density at radius 3 is 2.43 bits per heavy atom. The number of nitrogens with zero attached hydrogens (tertiary/aromatic N) is 1. The Morgan fingerprint density at radius 2 is 1.95 bits per heavy atom. The standard InChI is InChI=1S/C16H34N2O3/c1-7-18(12-13-21-8-2)11-9-10-16(5,15(19)20-6)17-14(3)4/h14,17H,7-13H2,1-6H3. The predicted molar refractivity (Wildman–Crippen MR) is 86.5 cm³/mol. The van der Waals surface area contributed by atoms with Crippen LogP contribution in [-0.2, 0) is 14.3 Å². The van der Waals surface area contributed by atoms with Crippen molar-refractivity contribution in [1.29, 1.82) is 0 Å². The first-order valence-electron chi connectivity index (χ1n) is 8.05. The van der Waals surface area contributed by atoms with Gasteiger partial charge in [0.05, 0.1) is 13.7 Å². The lowest BCUT2D eigenvalue weighted by Gasteiger charge is -2.31. The van der Waals surface area contributed by atoms with E-state index >= 15 is 0 Å². The topological polar surface area (TPSA) is 50.8 Å². The van der Waals surface area contributed by atoms with Gasteiger partial charge >= 0.3 is 5.97 Å². The number of rotatable bonds is 12. The van der Waals surface area contributed by atoms with Crippen molar-refractivity contribution in [2.75, 3.05) is 40.0 Å². The van der Waals surface area contributed by atoms with Gasteiger partial charge in [-0.3, -0.25) is 10.1 Å². The highest BCUT2D eigenvalue weighted by atomic mass is 16.5. The summed E-state index contributed by atoms with van der Waals surface area (Å²) >= 11 is 0. The van der Waals surface area contributed by atoms with Gasteiger partial charge in [0.15, 0.2) is 0 Å². The van der Waals surface area contributed by atoms with Gasteiger partial charge in [-0.1, -0.05) is 6.92 Å². The number of carbonyl (C=O) groups excluding carboxylic acids is 1. The van der Waals surface area contributed by atoms with Crippen molar-refractivity contribution in [2.24, 2.45) is 0 Å². The van der Waals surface area contributed by atoms with Gasteiger partial charge in [0.25, 0.3) is 0 Å². The van der Waals surface area contributed by atoms with Crippen LogP contribution in [0, 0.1) is 0 Å². The third-order valence-electron chi connectivity index (χ3n) is 3.60. The second kappa shape index (κ2) is 11.0. The molecule has 126 valence electrons. The van der Waals surface area contributed by atoms with Gasteiger partial charge in [0, 0.05) is 19.2 Å². The average molecular weight is 302 g/mol. The Labute approximate surface area is 130 Å². The molecule has 0 heterocycles. The van der Waals surface area contributed by atoms with E-state index in [2.05, 4.69) is 17.1 Å². The smallest absolute Gasteiger partial charge is 0.325 e. The number of methoxy groups -OCH3 is 1. The highest BCUT2D eigenvalue weighted by Crippen LogP contribution is 2.16. The molecule has 0 amide bonds. The van der Waals surface area contributed by atoms with Crippen molar-refractivity contribution in [1.82, 2.24) is 10.2 Å². The van der Waals surface area contributed by atoms with Gasteiger partial charge in [-0.25, -0.2) is 0 Å². The summed E-state index contributed by atoms with van der Waals surface area (Å²) in [6, 6.07) is 0.245. The molecule has 0 spiro atoms. The van der Waals surface area contributed by atoms with Crippen LogP contribution in [0.5, 0.6) is 0 Å². The van der Waals surface area contributed by atoms with Crippen molar-refractivity contribution in [2.45, 2.75) is 59.0 Å². The Balaban J connectivity index is 4.31. The second-order valence-corrected chi connectivity index (χ2v) is 5.86. The van der Waals surface area contributed by atoms with Gasteiger partial charge in [-0.05, 0) is 53.6 Å². The summed E-state index contributed by atoms with van der Waals surface area (Å²) in [6.45, 7) is 14.6. The minimum absolute atomic E-state index is 0.187. The maximum Gasteiger partial charge on any atom is 0.325 e. The number of esters is 1. The van der Waals surface area contributed by atoms with Crippen molar-refractivity contribution in [3.05, 3.63) is 0 Å². The van der Waals surface area contributed by atoms with Gasteiger partial charge in [-0.15, -0.1) is 0 Å². The molecular formula is C16H34N2O3. The molecule has 0 radical (unpaired) electrons. The van der Waals surface area contributed by atoms with Crippen LogP contribution < -0.4 is 5.32 Å². The highest BCUT2D eigenvalue weighted by molar-refractivity contribution is 5.80. The Bertz CT molecular complexity index is 285. The first-order chi connectivity index (χ1) is 9.89. The minimum Gasteiger partial charge on any atom is -0.468 e. The summed E-state index contributed by atoms with van der Waals surface area (Å²) in [5.74, 6) is -0.187. The van der Waals surface area contributed by atoms with E-state index in [1.807, 2.05) is 27.7 Å². The summed E-state index contributed by atoms with van der Waals surface area (Å²) in [6.07, 6.45) is 1.72. The maximum absolute atomic E-state index is 12.0. The molecule has 0 aromatic heterocycles. The molecule has 21 heavy (non-hydrogen) atoms. The van der Waals surface area contributed by atoms with Crippen LogP contribution in [0.3, 0.4) is 0 Å². The molecular weight excluding hydrogens is 268 g/mol. The van der Waals surface area contributed by atoms with E-state index in [1.165, 1.54) is 7.11 Å². The number of likely N-dealkylation sites (N-methyl/N-ethyl adjacent to an activating group) is 1. The van der Waals surface area contributed by atoms with Crippen molar-refractivity contribution < 1.29 is 14.3 Å². The maximum atomic E-state index is 12.0. The van der Waals surface area contributed by atoms with Crippen LogP contribution >= 0.6 is 0 Å². The molecule has 0 aromatic rings. The molecule has 1 N–H and O–H groups in total. The van der Waals surface area contributed by atoms with Crippen LogP contribution in [-0.4, -0.2) is 62.4 Å². The largest absolute Gasteiger partial charge is 0.468 e. The monoisotopic (exact) mass is 302 g/mol. The second-order valence-electron chi connectivity index (χ2n) is 5.86. The number of carbonyl (C=O) groups is 1. The van der Waals surface area contributed by atoms with Crippen LogP contribution in [0.2, 0.25) is 0 Å². The SMILES string of the molecule is CCOCCN(CC)CCCC(C)(NC(C)C)C(=O)OC. The molecule has 1 atom stereocenters. The highest BCUT2D eigenvalue weighted by Gasteiger charge is 2.34.